The molecule has 0 aromatic carbocycles. The Hall–Kier alpha value is -2.34. The van der Waals surface area contributed by atoms with Crippen LogP contribution >= 0.6 is 0 Å². The van der Waals surface area contributed by atoms with Crippen molar-refractivity contribution in [2.24, 2.45) is 0 Å². The summed E-state index contributed by atoms with van der Waals surface area (Å²) < 4.78 is 50.2. The summed E-state index contributed by atoms with van der Waals surface area (Å²) in [5, 5.41) is 13.5. The minimum absolute atomic E-state index is 0.0118. The third-order valence-electron chi connectivity index (χ3n) is 3.58. The van der Waals surface area contributed by atoms with E-state index >= 15 is 0 Å². The van der Waals surface area contributed by atoms with Gasteiger partial charge in [-0.3, -0.25) is 10.1 Å². The summed E-state index contributed by atoms with van der Waals surface area (Å²) in [6, 6.07) is 0. The lowest BCUT2D eigenvalue weighted by Gasteiger charge is -2.42. The maximum absolute atomic E-state index is 12.9. The van der Waals surface area contributed by atoms with Crippen molar-refractivity contribution in [3.05, 3.63) is 40.4 Å². The predicted octanol–water partition coefficient (Wildman–Crippen LogP) is 0.829. The van der Waals surface area contributed by atoms with E-state index in [0.29, 0.717) is 6.20 Å². The molecule has 12 heteroatoms. The van der Waals surface area contributed by atoms with Gasteiger partial charge in [-0.05, 0) is 0 Å². The van der Waals surface area contributed by atoms with Gasteiger partial charge < -0.3 is 24.3 Å². The molecular formula is C12H16F3N5O4. The Balaban J connectivity index is 2.31. The highest BCUT2D eigenvalue weighted by Crippen LogP contribution is 2.29. The second-order valence-corrected chi connectivity index (χ2v) is 5.03. The van der Waals surface area contributed by atoms with Crippen LogP contribution in [0.4, 0.5) is 13.2 Å². The molecule has 0 atom stereocenters. The normalized spacial score (nSPS) is 19.4. The van der Waals surface area contributed by atoms with Gasteiger partial charge in [0.25, 0.3) is 6.20 Å². The summed E-state index contributed by atoms with van der Waals surface area (Å²) in [6.45, 7) is -0.232. The van der Waals surface area contributed by atoms with E-state index < -0.39 is 22.7 Å². The second kappa shape index (κ2) is 6.65. The summed E-state index contributed by atoms with van der Waals surface area (Å²) in [4.78, 5) is 14.7. The van der Waals surface area contributed by atoms with Crippen LogP contribution in [0.15, 0.2) is 24.4 Å². The van der Waals surface area contributed by atoms with Gasteiger partial charge in [-0.15, -0.1) is 0 Å². The first kappa shape index (κ1) is 18.0. The van der Waals surface area contributed by atoms with Crippen LogP contribution in [-0.4, -0.2) is 52.5 Å². The molecule has 1 aromatic heterocycles. The number of hydrogen-bond donors (Lipinski definition) is 1. The van der Waals surface area contributed by atoms with Gasteiger partial charge in [-0.25, -0.2) is 4.98 Å². The number of alkyl halides is 3. The van der Waals surface area contributed by atoms with Gasteiger partial charge in [0.15, 0.2) is 5.82 Å². The molecule has 0 radical (unpaired) electrons. The molecule has 0 aliphatic carbocycles. The zero-order valence-electron chi connectivity index (χ0n) is 12.9. The number of aromatic nitrogens is 2. The molecular weight excluding hydrogens is 335 g/mol. The maximum Gasteiger partial charge on any atom is 0.449 e. The Kier molecular flexibility index (Phi) is 4.99. The number of nitro groups is 1. The lowest BCUT2D eigenvalue weighted by atomic mass is 10.2. The van der Waals surface area contributed by atoms with Crippen LogP contribution in [0.3, 0.4) is 0 Å². The van der Waals surface area contributed by atoms with E-state index in [2.05, 4.69) is 10.3 Å². The molecule has 24 heavy (non-hydrogen) atoms. The fourth-order valence-corrected chi connectivity index (χ4v) is 2.34. The fourth-order valence-electron chi connectivity index (χ4n) is 2.34. The van der Waals surface area contributed by atoms with E-state index in [9.17, 15) is 23.3 Å². The van der Waals surface area contributed by atoms with Crippen LogP contribution in [0, 0.1) is 10.1 Å². The highest BCUT2D eigenvalue weighted by molar-refractivity contribution is 5.04. The molecule has 1 aliphatic heterocycles. The van der Waals surface area contributed by atoms with Gasteiger partial charge in [0.2, 0.25) is 11.6 Å². The molecule has 1 saturated heterocycles. The number of hydrogen-bond acceptors (Lipinski definition) is 7. The maximum atomic E-state index is 12.9. The van der Waals surface area contributed by atoms with Gasteiger partial charge in [0, 0.05) is 26.6 Å². The third-order valence-corrected chi connectivity index (χ3v) is 3.58. The van der Waals surface area contributed by atoms with E-state index in [1.165, 1.54) is 19.1 Å². The molecule has 0 amide bonds. The van der Waals surface area contributed by atoms with Gasteiger partial charge in [0.1, 0.15) is 0 Å². The molecule has 0 saturated carbocycles. The van der Waals surface area contributed by atoms with Crippen molar-refractivity contribution in [3.63, 3.8) is 0 Å². The number of ether oxygens (including phenoxy) is 2. The molecule has 1 fully saturated rings. The van der Waals surface area contributed by atoms with Crippen molar-refractivity contribution in [2.75, 3.05) is 27.3 Å². The topological polar surface area (TPSA) is 94.7 Å². The minimum atomic E-state index is -4.64. The Morgan fingerprint density at radius 2 is 2.17 bits per heavy atom. The highest BCUT2D eigenvalue weighted by Gasteiger charge is 2.40. The summed E-state index contributed by atoms with van der Waals surface area (Å²) in [5.74, 6) is -2.20. The van der Waals surface area contributed by atoms with Crippen molar-refractivity contribution >= 4 is 0 Å². The molecule has 1 aliphatic rings. The Bertz CT molecular complexity index is 626. The summed E-state index contributed by atoms with van der Waals surface area (Å²) >= 11 is 0. The largest absolute Gasteiger partial charge is 0.449 e. The summed E-state index contributed by atoms with van der Waals surface area (Å²) in [5.41, 5.74) is 0. The van der Waals surface area contributed by atoms with Gasteiger partial charge in [0.05, 0.1) is 24.7 Å². The Labute approximate surface area is 134 Å². The van der Waals surface area contributed by atoms with Crippen LogP contribution in [0.25, 0.3) is 0 Å². The van der Waals surface area contributed by atoms with Crippen LogP contribution in [0.2, 0.25) is 0 Å². The monoisotopic (exact) mass is 351 g/mol. The quantitative estimate of drug-likeness (QED) is 0.477. The smallest absolute Gasteiger partial charge is 0.361 e. The fraction of sp³-hybridized carbons (Fsp3) is 0.583. The molecule has 0 spiro atoms. The van der Waals surface area contributed by atoms with E-state index in [4.69, 9.17) is 9.47 Å². The van der Waals surface area contributed by atoms with Crippen LogP contribution in [-0.2, 0) is 22.3 Å². The van der Waals surface area contributed by atoms with Crippen molar-refractivity contribution in [3.8, 4) is 0 Å². The van der Waals surface area contributed by atoms with Crippen LogP contribution in [0.5, 0.6) is 0 Å². The number of methoxy groups -OCH3 is 2. The van der Waals surface area contributed by atoms with Crippen molar-refractivity contribution < 1.29 is 27.6 Å². The standard InChI is InChI=1S/C12H16F3N5O4/c1-23-11(24-2)6-17-9(5-20(21)22)19(7-11)8-18-4-3-16-10(18)12(13,14)15/h3-5,17H,6-8H2,1-2H3/b9-5+. The molecule has 1 aromatic rings. The van der Waals surface area contributed by atoms with Crippen molar-refractivity contribution in [2.45, 2.75) is 18.6 Å². The zero-order valence-corrected chi connectivity index (χ0v) is 12.9. The summed E-state index contributed by atoms with van der Waals surface area (Å²) in [6.07, 6.45) is -1.81. The van der Waals surface area contributed by atoms with E-state index in [1.807, 2.05) is 0 Å². The highest BCUT2D eigenvalue weighted by atomic mass is 19.4. The first-order chi connectivity index (χ1) is 11.2. The van der Waals surface area contributed by atoms with E-state index in [-0.39, 0.29) is 25.6 Å². The number of rotatable bonds is 5. The molecule has 1 N–H and O–H groups in total. The van der Waals surface area contributed by atoms with E-state index in [1.54, 1.807) is 0 Å². The molecule has 9 nitrogen and oxygen atoms in total. The SMILES string of the molecule is COC1(OC)CN/C(=C\[N+](=O)[O-])N(Cn2ccnc2C(F)(F)F)C1. The van der Waals surface area contributed by atoms with Crippen LogP contribution < -0.4 is 5.32 Å². The molecule has 0 unspecified atom stereocenters. The Morgan fingerprint density at radius 1 is 1.50 bits per heavy atom. The number of nitrogens with zero attached hydrogens (tertiary/aromatic N) is 4. The van der Waals surface area contributed by atoms with E-state index in [0.717, 1.165) is 17.0 Å². The summed E-state index contributed by atoms with van der Waals surface area (Å²) in [7, 11) is 2.76. The lowest BCUT2D eigenvalue weighted by Crippen LogP contribution is -2.59. The van der Waals surface area contributed by atoms with Gasteiger partial charge in [-0.1, -0.05) is 0 Å². The Morgan fingerprint density at radius 3 is 2.71 bits per heavy atom. The average molecular weight is 351 g/mol. The van der Waals surface area contributed by atoms with Crippen LogP contribution in [0.1, 0.15) is 5.82 Å². The first-order valence-corrected chi connectivity index (χ1v) is 6.73. The number of imidazole rings is 1. The zero-order chi connectivity index (χ0) is 18.0. The molecule has 2 rings (SSSR count). The van der Waals surface area contributed by atoms with Gasteiger partial charge in [-0.2, -0.15) is 13.2 Å². The predicted molar refractivity (Wildman–Crippen MR) is 73.8 cm³/mol. The average Bonchev–Trinajstić information content (AvgIpc) is 2.97. The molecule has 2 heterocycles. The first-order valence-electron chi connectivity index (χ1n) is 6.73. The van der Waals surface area contributed by atoms with Crippen molar-refractivity contribution in [1.82, 2.24) is 19.8 Å². The second-order valence-electron chi connectivity index (χ2n) is 5.03. The van der Waals surface area contributed by atoms with Crippen molar-refractivity contribution in [1.29, 1.82) is 0 Å². The number of nitrogens with one attached hydrogen (secondary N) is 1. The van der Waals surface area contributed by atoms with Gasteiger partial charge >= 0.3 is 6.18 Å². The lowest BCUT2D eigenvalue weighted by molar-refractivity contribution is -0.405. The molecule has 134 valence electrons. The molecule has 0 bridgehead atoms. The minimum Gasteiger partial charge on any atom is -0.361 e. The number of halogens is 3. The third kappa shape index (κ3) is 3.76.